The molecule has 0 amide bonds. The maximum absolute atomic E-state index is 5.89. The molecule has 70 valence electrons. The summed E-state index contributed by atoms with van der Waals surface area (Å²) in [5.74, 6) is 0. The molecule has 0 radical (unpaired) electrons. The molecule has 0 aromatic rings. The van der Waals surface area contributed by atoms with Crippen LogP contribution in [-0.4, -0.2) is 30.6 Å². The van der Waals surface area contributed by atoms with Gasteiger partial charge >= 0.3 is 0 Å². The van der Waals surface area contributed by atoms with Crippen molar-refractivity contribution in [3.8, 4) is 0 Å². The predicted octanol–water partition coefficient (Wildman–Crippen LogP) is 1.54. The van der Waals surface area contributed by atoms with Crippen LogP contribution in [0, 0.1) is 5.41 Å². The monoisotopic (exact) mass is 233 g/mol. The maximum atomic E-state index is 5.89. The molecule has 2 rings (SSSR count). The van der Waals surface area contributed by atoms with Gasteiger partial charge in [-0.3, -0.25) is 0 Å². The standard InChI is InChI=1S/C9H16BrNO/c1-7-4-9(5-10)6-11-3-2-8(9)12-7/h7-8,11H,2-6H2,1H3. The van der Waals surface area contributed by atoms with Crippen LogP contribution < -0.4 is 5.32 Å². The van der Waals surface area contributed by atoms with E-state index >= 15 is 0 Å². The number of nitrogens with one attached hydrogen (secondary N) is 1. The van der Waals surface area contributed by atoms with E-state index in [2.05, 4.69) is 28.2 Å². The lowest BCUT2D eigenvalue weighted by molar-refractivity contribution is 0.00811. The van der Waals surface area contributed by atoms with Crippen molar-refractivity contribution in [3.63, 3.8) is 0 Å². The lowest BCUT2D eigenvalue weighted by Crippen LogP contribution is -2.48. The molecule has 0 aromatic carbocycles. The maximum Gasteiger partial charge on any atom is 0.0668 e. The van der Waals surface area contributed by atoms with Crippen LogP contribution in [-0.2, 0) is 4.74 Å². The Labute approximate surface area is 82.2 Å². The molecule has 1 N–H and O–H groups in total. The molecule has 2 fully saturated rings. The van der Waals surface area contributed by atoms with E-state index in [0.29, 0.717) is 17.6 Å². The molecule has 2 aliphatic heterocycles. The first-order valence-electron chi connectivity index (χ1n) is 4.69. The second-order valence-electron chi connectivity index (χ2n) is 4.10. The van der Waals surface area contributed by atoms with E-state index in [4.69, 9.17) is 4.74 Å². The fraction of sp³-hybridized carbons (Fsp3) is 1.00. The van der Waals surface area contributed by atoms with E-state index in [1.807, 2.05) is 0 Å². The van der Waals surface area contributed by atoms with E-state index in [0.717, 1.165) is 18.4 Å². The molecule has 3 atom stereocenters. The molecule has 2 aliphatic rings. The number of hydrogen-bond donors (Lipinski definition) is 1. The van der Waals surface area contributed by atoms with Crippen LogP contribution in [0.2, 0.25) is 0 Å². The second kappa shape index (κ2) is 3.28. The minimum atomic E-state index is 0.387. The largest absolute Gasteiger partial charge is 0.375 e. The Kier molecular flexibility index (Phi) is 2.45. The van der Waals surface area contributed by atoms with Crippen LogP contribution in [0.25, 0.3) is 0 Å². The quantitative estimate of drug-likeness (QED) is 0.695. The third-order valence-electron chi connectivity index (χ3n) is 3.10. The summed E-state index contributed by atoms with van der Waals surface area (Å²) >= 11 is 3.62. The van der Waals surface area contributed by atoms with Crippen LogP contribution >= 0.6 is 15.9 Å². The van der Waals surface area contributed by atoms with E-state index in [1.165, 1.54) is 12.8 Å². The van der Waals surface area contributed by atoms with Gasteiger partial charge in [0.1, 0.15) is 0 Å². The highest BCUT2D eigenvalue weighted by Crippen LogP contribution is 2.42. The van der Waals surface area contributed by atoms with Crippen LogP contribution in [0.15, 0.2) is 0 Å². The fourth-order valence-corrected chi connectivity index (χ4v) is 3.28. The summed E-state index contributed by atoms with van der Waals surface area (Å²) in [6.45, 7) is 4.42. The summed E-state index contributed by atoms with van der Waals surface area (Å²) in [7, 11) is 0. The minimum Gasteiger partial charge on any atom is -0.375 e. The summed E-state index contributed by atoms with van der Waals surface area (Å²) < 4.78 is 5.89. The van der Waals surface area contributed by atoms with Crippen molar-refractivity contribution < 1.29 is 4.74 Å². The summed E-state index contributed by atoms with van der Waals surface area (Å²) in [6, 6.07) is 0. The Morgan fingerprint density at radius 1 is 1.67 bits per heavy atom. The number of alkyl halides is 1. The molecular weight excluding hydrogens is 218 g/mol. The van der Waals surface area contributed by atoms with Crippen molar-refractivity contribution in [1.29, 1.82) is 0 Å². The van der Waals surface area contributed by atoms with Crippen molar-refractivity contribution in [1.82, 2.24) is 5.32 Å². The van der Waals surface area contributed by atoms with E-state index < -0.39 is 0 Å². The SMILES string of the molecule is CC1CC2(CBr)CNCCC2O1. The molecule has 12 heavy (non-hydrogen) atoms. The predicted molar refractivity (Wildman–Crippen MR) is 52.7 cm³/mol. The van der Waals surface area contributed by atoms with Crippen molar-refractivity contribution in [3.05, 3.63) is 0 Å². The van der Waals surface area contributed by atoms with Gasteiger partial charge in [-0.25, -0.2) is 0 Å². The lowest BCUT2D eigenvalue weighted by atomic mass is 9.78. The highest BCUT2D eigenvalue weighted by Gasteiger charge is 2.47. The molecule has 0 aliphatic carbocycles. The van der Waals surface area contributed by atoms with Gasteiger partial charge in [0, 0.05) is 17.3 Å². The second-order valence-corrected chi connectivity index (χ2v) is 4.66. The van der Waals surface area contributed by atoms with Gasteiger partial charge in [-0.05, 0) is 26.3 Å². The minimum absolute atomic E-state index is 0.387. The molecule has 0 spiro atoms. The highest BCUT2D eigenvalue weighted by molar-refractivity contribution is 9.09. The van der Waals surface area contributed by atoms with Gasteiger partial charge in [0.25, 0.3) is 0 Å². The van der Waals surface area contributed by atoms with Crippen LogP contribution in [0.5, 0.6) is 0 Å². The van der Waals surface area contributed by atoms with Gasteiger partial charge in [0.2, 0.25) is 0 Å². The summed E-state index contributed by atoms with van der Waals surface area (Å²) in [6.07, 6.45) is 3.33. The van der Waals surface area contributed by atoms with Crippen molar-refractivity contribution in [2.45, 2.75) is 32.0 Å². The van der Waals surface area contributed by atoms with Gasteiger partial charge in [0.15, 0.2) is 0 Å². The van der Waals surface area contributed by atoms with Crippen LogP contribution in [0.1, 0.15) is 19.8 Å². The molecule has 0 saturated carbocycles. The zero-order chi connectivity index (χ0) is 8.60. The number of hydrogen-bond acceptors (Lipinski definition) is 2. The molecule has 2 saturated heterocycles. The number of piperidine rings is 1. The molecule has 2 nitrogen and oxygen atoms in total. The van der Waals surface area contributed by atoms with Crippen LogP contribution in [0.4, 0.5) is 0 Å². The molecule has 0 bridgehead atoms. The first-order chi connectivity index (χ1) is 5.77. The van der Waals surface area contributed by atoms with Gasteiger partial charge in [-0.1, -0.05) is 15.9 Å². The van der Waals surface area contributed by atoms with Gasteiger partial charge in [-0.2, -0.15) is 0 Å². The Balaban J connectivity index is 2.14. The summed E-state index contributed by atoms with van der Waals surface area (Å²) in [5.41, 5.74) is 0.387. The fourth-order valence-electron chi connectivity index (χ4n) is 2.50. The normalized spacial score (nSPS) is 47.5. The Bertz CT molecular complexity index is 176. The number of halogens is 1. The smallest absolute Gasteiger partial charge is 0.0668 e. The average molecular weight is 234 g/mol. The molecular formula is C9H16BrNO. The van der Waals surface area contributed by atoms with Crippen LogP contribution in [0.3, 0.4) is 0 Å². The number of rotatable bonds is 1. The van der Waals surface area contributed by atoms with E-state index in [1.54, 1.807) is 0 Å². The van der Waals surface area contributed by atoms with Crippen molar-refractivity contribution in [2.24, 2.45) is 5.41 Å². The highest BCUT2D eigenvalue weighted by atomic mass is 79.9. The Hall–Kier alpha value is 0.400. The zero-order valence-corrected chi connectivity index (χ0v) is 9.06. The first-order valence-corrected chi connectivity index (χ1v) is 5.81. The van der Waals surface area contributed by atoms with E-state index in [-0.39, 0.29) is 0 Å². The van der Waals surface area contributed by atoms with Gasteiger partial charge in [-0.15, -0.1) is 0 Å². The van der Waals surface area contributed by atoms with E-state index in [9.17, 15) is 0 Å². The summed E-state index contributed by atoms with van der Waals surface area (Å²) in [4.78, 5) is 0. The molecule has 0 aromatic heterocycles. The third kappa shape index (κ3) is 1.32. The van der Waals surface area contributed by atoms with Crippen molar-refractivity contribution in [2.75, 3.05) is 18.4 Å². The molecule has 2 heterocycles. The Morgan fingerprint density at radius 2 is 2.50 bits per heavy atom. The molecule has 3 heteroatoms. The number of fused-ring (bicyclic) bond motifs is 1. The Morgan fingerprint density at radius 3 is 3.17 bits per heavy atom. The average Bonchev–Trinajstić information content (AvgIpc) is 2.41. The lowest BCUT2D eigenvalue weighted by Gasteiger charge is -2.36. The summed E-state index contributed by atoms with van der Waals surface area (Å²) in [5, 5.41) is 4.53. The zero-order valence-electron chi connectivity index (χ0n) is 7.48. The van der Waals surface area contributed by atoms with Crippen molar-refractivity contribution >= 4 is 15.9 Å². The molecule has 3 unspecified atom stereocenters. The third-order valence-corrected chi connectivity index (χ3v) is 4.22. The van der Waals surface area contributed by atoms with Gasteiger partial charge in [0.05, 0.1) is 12.2 Å². The number of ether oxygens (including phenoxy) is 1. The topological polar surface area (TPSA) is 21.3 Å². The first kappa shape index (κ1) is 8.97. The van der Waals surface area contributed by atoms with Gasteiger partial charge < -0.3 is 10.1 Å².